The molecule has 2 aromatic heterocycles. The molecule has 3 heterocycles. The van der Waals surface area contributed by atoms with Crippen molar-refractivity contribution in [2.75, 3.05) is 31.1 Å². The van der Waals surface area contributed by atoms with Gasteiger partial charge in [0.15, 0.2) is 0 Å². The molecule has 7 nitrogen and oxygen atoms in total. The number of nitriles is 1. The summed E-state index contributed by atoms with van der Waals surface area (Å²) >= 11 is 0. The number of nitrogens with one attached hydrogen (secondary N) is 1. The molecule has 0 radical (unpaired) electrons. The van der Waals surface area contributed by atoms with Crippen molar-refractivity contribution in [2.24, 2.45) is 0 Å². The number of piperazine rings is 1. The molecule has 0 amide bonds. The molecule has 0 unspecified atom stereocenters. The van der Waals surface area contributed by atoms with Gasteiger partial charge in [-0.1, -0.05) is 0 Å². The van der Waals surface area contributed by atoms with Crippen molar-refractivity contribution >= 4 is 16.7 Å². The van der Waals surface area contributed by atoms with Gasteiger partial charge in [0, 0.05) is 44.3 Å². The summed E-state index contributed by atoms with van der Waals surface area (Å²) in [7, 11) is 0. The van der Waals surface area contributed by atoms with Crippen molar-refractivity contribution in [3.05, 3.63) is 64.1 Å². The number of pyridine rings is 1. The Morgan fingerprint density at radius 1 is 1.13 bits per heavy atom. The Balaban J connectivity index is 1.23. The van der Waals surface area contributed by atoms with E-state index in [0.29, 0.717) is 28.3 Å². The summed E-state index contributed by atoms with van der Waals surface area (Å²) in [6.45, 7) is 3.72. The molecule has 8 heteroatoms. The highest BCUT2D eigenvalue weighted by molar-refractivity contribution is 5.77. The number of H-pyrrole nitrogens is 1. The van der Waals surface area contributed by atoms with Crippen LogP contribution in [0.5, 0.6) is 0 Å². The second-order valence-electron chi connectivity index (χ2n) is 8.32. The summed E-state index contributed by atoms with van der Waals surface area (Å²) in [5.74, 6) is 1.42. The minimum atomic E-state index is -0.427. The lowest BCUT2D eigenvalue weighted by molar-refractivity contribution is 0.185. The minimum absolute atomic E-state index is 0.213. The van der Waals surface area contributed by atoms with Crippen molar-refractivity contribution in [1.29, 1.82) is 5.26 Å². The summed E-state index contributed by atoms with van der Waals surface area (Å²) in [5.41, 5.74) is 0.850. The van der Waals surface area contributed by atoms with Crippen LogP contribution in [0.2, 0.25) is 0 Å². The monoisotopic (exact) mass is 418 g/mol. The van der Waals surface area contributed by atoms with E-state index in [9.17, 15) is 9.18 Å². The fourth-order valence-electron chi connectivity index (χ4n) is 4.82. The zero-order valence-electron chi connectivity index (χ0n) is 17.1. The van der Waals surface area contributed by atoms with Gasteiger partial charge in [-0.2, -0.15) is 5.26 Å². The highest BCUT2D eigenvalue weighted by Gasteiger charge is 2.33. The van der Waals surface area contributed by atoms with Gasteiger partial charge in [-0.05, 0) is 49.6 Å². The van der Waals surface area contributed by atoms with Gasteiger partial charge < -0.3 is 9.88 Å². The maximum Gasteiger partial charge on any atom is 0.258 e. The Bertz CT molecular complexity index is 1190. The summed E-state index contributed by atoms with van der Waals surface area (Å²) in [6.07, 6.45) is 4.64. The first-order valence-corrected chi connectivity index (χ1v) is 10.7. The van der Waals surface area contributed by atoms with E-state index >= 15 is 0 Å². The molecule has 1 aromatic carbocycles. The van der Waals surface area contributed by atoms with E-state index < -0.39 is 5.82 Å². The summed E-state index contributed by atoms with van der Waals surface area (Å²) in [5, 5.41) is 9.22. The maximum atomic E-state index is 13.4. The topological polar surface area (TPSA) is 88.9 Å². The number of rotatable bonds is 3. The molecular weight excluding hydrogens is 395 g/mol. The van der Waals surface area contributed by atoms with Crippen molar-refractivity contribution in [2.45, 2.75) is 31.2 Å². The standard InChI is InChI=1S/C23H23FN6O/c24-17-3-5-20-19(12-17)23(31)28-22(27-20)16-2-4-18(11-16)29-7-9-30(10-8-29)21-6-1-15(13-25)14-26-21/h1,3,5-6,12,14,16,18H,2,4,7-11H2,(H,27,28,31)/t16-,18+/m1/s1. The highest BCUT2D eigenvalue weighted by Crippen LogP contribution is 2.36. The summed E-state index contributed by atoms with van der Waals surface area (Å²) in [6, 6.07) is 10.4. The predicted molar refractivity (Wildman–Crippen MR) is 115 cm³/mol. The molecular formula is C23H23FN6O. The lowest BCUT2D eigenvalue weighted by atomic mass is 10.1. The Labute approximate surface area is 179 Å². The largest absolute Gasteiger partial charge is 0.354 e. The number of hydrogen-bond donors (Lipinski definition) is 1. The third kappa shape index (κ3) is 3.89. The molecule has 31 heavy (non-hydrogen) atoms. The van der Waals surface area contributed by atoms with Crippen LogP contribution in [-0.4, -0.2) is 52.1 Å². The fraction of sp³-hybridized carbons (Fsp3) is 0.391. The zero-order valence-corrected chi connectivity index (χ0v) is 17.1. The van der Waals surface area contributed by atoms with E-state index in [1.54, 1.807) is 12.3 Å². The van der Waals surface area contributed by atoms with Crippen LogP contribution in [0.4, 0.5) is 10.2 Å². The van der Waals surface area contributed by atoms with Crippen molar-refractivity contribution < 1.29 is 4.39 Å². The molecule has 1 saturated heterocycles. The van der Waals surface area contributed by atoms with Gasteiger partial charge in [0.25, 0.3) is 5.56 Å². The van der Waals surface area contributed by atoms with Crippen LogP contribution in [-0.2, 0) is 0 Å². The third-order valence-electron chi connectivity index (χ3n) is 6.51. The highest BCUT2D eigenvalue weighted by atomic mass is 19.1. The number of hydrogen-bond acceptors (Lipinski definition) is 6. The van der Waals surface area contributed by atoms with Crippen LogP contribution in [0.3, 0.4) is 0 Å². The molecule has 5 rings (SSSR count). The van der Waals surface area contributed by atoms with Crippen LogP contribution >= 0.6 is 0 Å². The number of fused-ring (bicyclic) bond motifs is 1. The van der Waals surface area contributed by atoms with E-state index in [1.165, 1.54) is 12.1 Å². The van der Waals surface area contributed by atoms with Crippen LogP contribution in [0.15, 0.2) is 41.3 Å². The maximum absolute atomic E-state index is 13.4. The van der Waals surface area contributed by atoms with Gasteiger partial charge in [-0.25, -0.2) is 14.4 Å². The van der Waals surface area contributed by atoms with Crippen LogP contribution < -0.4 is 10.5 Å². The normalized spacial score (nSPS) is 22.0. The van der Waals surface area contributed by atoms with Gasteiger partial charge in [0.05, 0.1) is 16.5 Å². The molecule has 1 aliphatic carbocycles. The predicted octanol–water partition coefficient (Wildman–Crippen LogP) is 2.79. The lowest BCUT2D eigenvalue weighted by Gasteiger charge is -2.38. The molecule has 1 saturated carbocycles. The molecule has 3 aromatic rings. The SMILES string of the molecule is N#Cc1ccc(N2CCN([C@H]3CC[C@@H](c4nc5ccc(F)cc5c(=O)[nH]4)C3)CC2)nc1. The van der Waals surface area contributed by atoms with Crippen molar-refractivity contribution in [3.8, 4) is 6.07 Å². The average Bonchev–Trinajstić information content (AvgIpc) is 3.30. The van der Waals surface area contributed by atoms with Gasteiger partial charge >= 0.3 is 0 Å². The number of benzene rings is 1. The number of nitrogens with zero attached hydrogens (tertiary/aromatic N) is 5. The van der Waals surface area contributed by atoms with Crippen LogP contribution in [0.1, 0.15) is 36.6 Å². The van der Waals surface area contributed by atoms with Crippen molar-refractivity contribution in [3.63, 3.8) is 0 Å². The number of anilines is 1. The van der Waals surface area contributed by atoms with Crippen LogP contribution in [0, 0.1) is 17.1 Å². The second-order valence-corrected chi connectivity index (χ2v) is 8.32. The van der Waals surface area contributed by atoms with E-state index in [1.807, 2.05) is 12.1 Å². The number of aromatic amines is 1. The Morgan fingerprint density at radius 3 is 2.71 bits per heavy atom. The van der Waals surface area contributed by atoms with Gasteiger partial charge in [-0.15, -0.1) is 0 Å². The minimum Gasteiger partial charge on any atom is -0.354 e. The molecule has 2 atom stereocenters. The Hall–Kier alpha value is -3.31. The zero-order chi connectivity index (χ0) is 21.4. The Kier molecular flexibility index (Phi) is 5.12. The molecule has 1 aliphatic heterocycles. The number of halogens is 1. The van der Waals surface area contributed by atoms with Crippen molar-refractivity contribution in [1.82, 2.24) is 19.9 Å². The first-order valence-electron chi connectivity index (χ1n) is 10.7. The first-order chi connectivity index (χ1) is 15.1. The molecule has 0 bridgehead atoms. The molecule has 2 aliphatic rings. The molecule has 1 N–H and O–H groups in total. The average molecular weight is 418 g/mol. The lowest BCUT2D eigenvalue weighted by Crippen LogP contribution is -2.50. The van der Waals surface area contributed by atoms with Gasteiger partial charge in [-0.3, -0.25) is 9.69 Å². The fourth-order valence-corrected chi connectivity index (χ4v) is 4.82. The summed E-state index contributed by atoms with van der Waals surface area (Å²) < 4.78 is 13.4. The summed E-state index contributed by atoms with van der Waals surface area (Å²) in [4.78, 5) is 29.1. The van der Waals surface area contributed by atoms with Gasteiger partial charge in [0.1, 0.15) is 23.5 Å². The van der Waals surface area contributed by atoms with E-state index in [-0.39, 0.29) is 11.5 Å². The molecule has 158 valence electrons. The molecule has 0 spiro atoms. The van der Waals surface area contributed by atoms with E-state index in [0.717, 1.165) is 51.3 Å². The Morgan fingerprint density at radius 2 is 1.97 bits per heavy atom. The second kappa shape index (κ2) is 8.08. The quantitative estimate of drug-likeness (QED) is 0.704. The first kappa shape index (κ1) is 19.6. The molecule has 2 fully saturated rings. The van der Waals surface area contributed by atoms with E-state index in [2.05, 4.69) is 30.8 Å². The van der Waals surface area contributed by atoms with Gasteiger partial charge in [0.2, 0.25) is 0 Å². The third-order valence-corrected chi connectivity index (χ3v) is 6.51. The smallest absolute Gasteiger partial charge is 0.258 e. The number of aromatic nitrogens is 3. The van der Waals surface area contributed by atoms with Crippen LogP contribution in [0.25, 0.3) is 10.9 Å². The van der Waals surface area contributed by atoms with E-state index in [4.69, 9.17) is 5.26 Å².